The molecule has 3 aromatic carbocycles. The van der Waals surface area contributed by atoms with Crippen LogP contribution in [0.1, 0.15) is 39.7 Å². The van der Waals surface area contributed by atoms with Crippen molar-refractivity contribution in [3.63, 3.8) is 0 Å². The minimum absolute atomic E-state index is 0.134. The van der Waals surface area contributed by atoms with Crippen LogP contribution in [0.15, 0.2) is 95.5 Å². The van der Waals surface area contributed by atoms with Gasteiger partial charge in [0.2, 0.25) is 0 Å². The maximum absolute atomic E-state index is 14.4. The molecular formula is C36H35N5O2. The highest BCUT2D eigenvalue weighted by molar-refractivity contribution is 6.07. The average Bonchev–Trinajstić information content (AvgIpc) is 3.44. The molecule has 43 heavy (non-hydrogen) atoms. The number of nitrogen functional groups attached to an aromatic ring is 1. The van der Waals surface area contributed by atoms with E-state index >= 15 is 0 Å². The van der Waals surface area contributed by atoms with Gasteiger partial charge in [-0.1, -0.05) is 55.5 Å². The topological polar surface area (TPSA) is 87.6 Å². The summed E-state index contributed by atoms with van der Waals surface area (Å²) >= 11 is 0. The smallest absolute Gasteiger partial charge is 0.294 e. The summed E-state index contributed by atoms with van der Waals surface area (Å²) in [6.45, 7) is 6.37. The second-order valence-electron chi connectivity index (χ2n) is 11.3. The van der Waals surface area contributed by atoms with Gasteiger partial charge in [-0.25, -0.2) is 4.98 Å². The van der Waals surface area contributed by atoms with Crippen LogP contribution < -0.4 is 20.9 Å². The lowest BCUT2D eigenvalue weighted by Gasteiger charge is -2.31. The lowest BCUT2D eigenvalue weighted by molar-refractivity contribution is 0.0959. The number of hydrogen-bond acceptors (Lipinski definition) is 6. The number of pyridine rings is 1. The third-order valence-electron chi connectivity index (χ3n) is 8.56. The Morgan fingerprint density at radius 3 is 2.47 bits per heavy atom. The first kappa shape index (κ1) is 27.0. The molecule has 2 aromatic heterocycles. The first-order valence-electron chi connectivity index (χ1n) is 15.0. The van der Waals surface area contributed by atoms with Gasteiger partial charge in [-0.05, 0) is 65.1 Å². The molecule has 0 unspecified atom stereocenters. The number of amides is 1. The summed E-state index contributed by atoms with van der Waals surface area (Å²) in [5, 5.41) is 3.44. The van der Waals surface area contributed by atoms with Crippen LogP contribution in [0.4, 0.5) is 17.2 Å². The summed E-state index contributed by atoms with van der Waals surface area (Å²) < 4.78 is 6.40. The molecule has 4 heterocycles. The highest BCUT2D eigenvalue weighted by atomic mass is 16.4. The van der Waals surface area contributed by atoms with Crippen LogP contribution in [0.2, 0.25) is 0 Å². The molecule has 1 amide bonds. The summed E-state index contributed by atoms with van der Waals surface area (Å²) in [6, 6.07) is 28.9. The quantitative estimate of drug-likeness (QED) is 0.249. The predicted octanol–water partition coefficient (Wildman–Crippen LogP) is 6.31. The number of aryl methyl sites for hydroxylation is 1. The van der Waals surface area contributed by atoms with Gasteiger partial charge in [-0.3, -0.25) is 4.79 Å². The van der Waals surface area contributed by atoms with Crippen molar-refractivity contribution in [2.45, 2.75) is 26.3 Å². The van der Waals surface area contributed by atoms with Gasteiger partial charge in [-0.2, -0.15) is 0 Å². The van der Waals surface area contributed by atoms with Crippen molar-refractivity contribution in [2.24, 2.45) is 0 Å². The molecule has 0 spiro atoms. The third kappa shape index (κ3) is 5.28. The number of hydrogen-bond donors (Lipinski definition) is 2. The molecular weight excluding hydrogens is 534 g/mol. The van der Waals surface area contributed by atoms with Crippen molar-refractivity contribution in [3.05, 3.63) is 119 Å². The number of nitrogens with zero attached hydrogens (tertiary/aromatic N) is 3. The molecule has 1 fully saturated rings. The zero-order valence-electron chi connectivity index (χ0n) is 24.3. The Morgan fingerprint density at radius 1 is 0.907 bits per heavy atom. The van der Waals surface area contributed by atoms with E-state index in [-0.39, 0.29) is 5.91 Å². The van der Waals surface area contributed by atoms with E-state index < -0.39 is 0 Å². The molecule has 3 N–H and O–H groups in total. The van der Waals surface area contributed by atoms with Gasteiger partial charge in [0.1, 0.15) is 11.6 Å². The van der Waals surface area contributed by atoms with Crippen LogP contribution >= 0.6 is 0 Å². The molecule has 2 aliphatic rings. The van der Waals surface area contributed by atoms with Gasteiger partial charge in [0, 0.05) is 66.9 Å². The van der Waals surface area contributed by atoms with Gasteiger partial charge in [0.05, 0.1) is 6.54 Å². The summed E-state index contributed by atoms with van der Waals surface area (Å²) in [5.41, 5.74) is 15.2. The standard InChI is InChI=1S/C36H35N5O2/c1-2-24-7-9-25(10-8-24)33-21-29-19-28-20-30(40-17-15-38-16-18-40)12-13-32(28)41(36(42)35(29)43-33)23-27-5-3-4-6-31(27)26-11-14-34(37)39-22-26/h3-14,20-22,38H,2,15-19,23H2,1H3,(H2,37,39). The van der Waals surface area contributed by atoms with Crippen LogP contribution in [0.3, 0.4) is 0 Å². The fourth-order valence-corrected chi connectivity index (χ4v) is 6.15. The van der Waals surface area contributed by atoms with Gasteiger partial charge in [0.15, 0.2) is 5.76 Å². The molecule has 0 radical (unpaired) electrons. The Balaban J connectivity index is 1.32. The summed E-state index contributed by atoms with van der Waals surface area (Å²) in [7, 11) is 0. The van der Waals surface area contributed by atoms with Crippen molar-refractivity contribution in [1.29, 1.82) is 0 Å². The molecule has 7 heteroatoms. The molecule has 5 aromatic rings. The van der Waals surface area contributed by atoms with Crippen molar-refractivity contribution < 1.29 is 9.21 Å². The minimum Gasteiger partial charge on any atom is -0.451 e. The van der Waals surface area contributed by atoms with E-state index in [9.17, 15) is 4.79 Å². The molecule has 7 nitrogen and oxygen atoms in total. The average molecular weight is 570 g/mol. The molecule has 1 saturated heterocycles. The fourth-order valence-electron chi connectivity index (χ4n) is 6.15. The van der Waals surface area contributed by atoms with E-state index in [0.29, 0.717) is 24.5 Å². The zero-order chi connectivity index (χ0) is 29.3. The number of anilines is 3. The van der Waals surface area contributed by atoms with E-state index in [1.165, 1.54) is 11.3 Å². The van der Waals surface area contributed by atoms with Gasteiger partial charge in [-0.15, -0.1) is 0 Å². The number of nitrogens with one attached hydrogen (secondary N) is 1. The van der Waals surface area contributed by atoms with Crippen LogP contribution in [0.25, 0.3) is 22.5 Å². The Morgan fingerprint density at radius 2 is 1.70 bits per heavy atom. The van der Waals surface area contributed by atoms with Crippen molar-refractivity contribution in [3.8, 4) is 22.5 Å². The van der Waals surface area contributed by atoms with Crippen molar-refractivity contribution >= 4 is 23.1 Å². The maximum Gasteiger partial charge on any atom is 0.294 e. The normalized spacial score (nSPS) is 14.8. The number of rotatable bonds is 6. The first-order valence-corrected chi connectivity index (χ1v) is 15.0. The highest BCUT2D eigenvalue weighted by Gasteiger charge is 2.32. The second kappa shape index (κ2) is 11.4. The molecule has 2 aliphatic heterocycles. The predicted molar refractivity (Wildman–Crippen MR) is 172 cm³/mol. The lowest BCUT2D eigenvalue weighted by atomic mass is 9.99. The monoisotopic (exact) mass is 569 g/mol. The molecule has 0 aliphatic carbocycles. The molecule has 0 bridgehead atoms. The van der Waals surface area contributed by atoms with E-state index in [2.05, 4.69) is 76.7 Å². The summed E-state index contributed by atoms with van der Waals surface area (Å²) in [6.07, 6.45) is 3.38. The minimum atomic E-state index is -0.134. The van der Waals surface area contributed by atoms with Crippen molar-refractivity contribution in [1.82, 2.24) is 10.3 Å². The number of furan rings is 1. The summed E-state index contributed by atoms with van der Waals surface area (Å²) in [4.78, 5) is 23.0. The number of aromatic nitrogens is 1. The van der Waals surface area contributed by atoms with E-state index in [1.54, 1.807) is 12.3 Å². The van der Waals surface area contributed by atoms with Crippen LogP contribution in [-0.4, -0.2) is 37.1 Å². The van der Waals surface area contributed by atoms with E-state index in [0.717, 1.165) is 77.4 Å². The van der Waals surface area contributed by atoms with E-state index in [4.69, 9.17) is 10.2 Å². The Bertz CT molecular complexity index is 1770. The van der Waals surface area contributed by atoms with Crippen molar-refractivity contribution in [2.75, 3.05) is 41.7 Å². The number of carbonyl (C=O) groups excluding carboxylic acids is 1. The van der Waals surface area contributed by atoms with Crippen LogP contribution in [0, 0.1) is 0 Å². The number of benzene rings is 3. The van der Waals surface area contributed by atoms with Gasteiger partial charge < -0.3 is 25.3 Å². The second-order valence-corrected chi connectivity index (χ2v) is 11.3. The number of carbonyl (C=O) groups is 1. The maximum atomic E-state index is 14.4. The Hall–Kier alpha value is -4.88. The van der Waals surface area contributed by atoms with Gasteiger partial charge >= 0.3 is 0 Å². The number of piperazine rings is 1. The lowest BCUT2D eigenvalue weighted by Crippen LogP contribution is -2.43. The number of fused-ring (bicyclic) bond motifs is 2. The molecule has 0 saturated carbocycles. The summed E-state index contributed by atoms with van der Waals surface area (Å²) in [5.74, 6) is 1.46. The van der Waals surface area contributed by atoms with Crippen LogP contribution in [0.5, 0.6) is 0 Å². The SMILES string of the molecule is CCc1ccc(-c2cc3c(o2)C(=O)N(Cc2ccccc2-c2ccc(N)nc2)c2ccc(N4CCNCC4)cc2C3)cc1. The van der Waals surface area contributed by atoms with Gasteiger partial charge in [0.25, 0.3) is 5.91 Å². The molecule has 7 rings (SSSR count). The third-order valence-corrected chi connectivity index (χ3v) is 8.56. The first-order chi connectivity index (χ1) is 21.1. The fraction of sp³-hybridized carbons (Fsp3) is 0.222. The zero-order valence-corrected chi connectivity index (χ0v) is 24.3. The molecule has 216 valence electrons. The Kier molecular flexibility index (Phi) is 7.17. The molecule has 0 atom stereocenters. The highest BCUT2D eigenvalue weighted by Crippen LogP contribution is 2.38. The largest absolute Gasteiger partial charge is 0.451 e. The number of nitrogens with two attached hydrogens (primary N) is 1. The Labute approximate surface area is 252 Å². The van der Waals surface area contributed by atoms with E-state index in [1.807, 2.05) is 29.2 Å². The van der Waals surface area contributed by atoms with Crippen LogP contribution in [-0.2, 0) is 19.4 Å².